The second kappa shape index (κ2) is 6.10. The van der Waals surface area contributed by atoms with Gasteiger partial charge >= 0.3 is 5.69 Å². The van der Waals surface area contributed by atoms with E-state index in [4.69, 9.17) is 4.74 Å². The molecule has 0 spiro atoms. The van der Waals surface area contributed by atoms with Crippen LogP contribution >= 0.6 is 11.3 Å². The summed E-state index contributed by atoms with van der Waals surface area (Å²) in [4.78, 5) is 19.2. The Morgan fingerprint density at radius 3 is 3.00 bits per heavy atom. The summed E-state index contributed by atoms with van der Waals surface area (Å²) >= 11 is 1.62. The fraction of sp³-hybridized carbons (Fsp3) is 0.273. The quantitative estimate of drug-likeness (QED) is 0.643. The number of ether oxygens (including phenoxy) is 1. The lowest BCUT2D eigenvalue weighted by Crippen LogP contribution is -2.07. The molecule has 0 aliphatic rings. The summed E-state index contributed by atoms with van der Waals surface area (Å²) in [6.07, 6.45) is 1.92. The first-order valence-corrected chi connectivity index (χ1v) is 6.42. The fourth-order valence-electron chi connectivity index (χ4n) is 1.52. The van der Waals surface area contributed by atoms with E-state index in [-0.39, 0.29) is 17.4 Å². The first kappa shape index (κ1) is 13.2. The van der Waals surface area contributed by atoms with Crippen LogP contribution in [-0.4, -0.2) is 28.5 Å². The molecule has 0 aliphatic carbocycles. The Kier molecular flexibility index (Phi) is 4.24. The first-order valence-electron chi connectivity index (χ1n) is 5.54. The van der Waals surface area contributed by atoms with Crippen LogP contribution in [0.1, 0.15) is 4.88 Å². The maximum Gasteiger partial charge on any atom is 0.372 e. The van der Waals surface area contributed by atoms with Crippen molar-refractivity contribution in [2.24, 2.45) is 0 Å². The minimum absolute atomic E-state index is 0.0130. The lowest BCUT2D eigenvalue weighted by Gasteiger charge is -2.06. The third-order valence-corrected chi connectivity index (χ3v) is 3.31. The van der Waals surface area contributed by atoms with Gasteiger partial charge in [0.05, 0.1) is 11.5 Å². The maximum absolute atomic E-state index is 11.0. The third-order valence-electron chi connectivity index (χ3n) is 2.38. The smallest absolute Gasteiger partial charge is 0.372 e. The summed E-state index contributed by atoms with van der Waals surface area (Å²) < 4.78 is 5.39. The van der Waals surface area contributed by atoms with Gasteiger partial charge in [0.2, 0.25) is 5.82 Å². The van der Waals surface area contributed by atoms with Crippen molar-refractivity contribution in [2.75, 3.05) is 19.0 Å². The number of anilines is 1. The van der Waals surface area contributed by atoms with Crippen molar-refractivity contribution in [1.82, 2.24) is 9.97 Å². The number of thiophene rings is 1. The van der Waals surface area contributed by atoms with Crippen molar-refractivity contribution in [1.29, 1.82) is 0 Å². The molecule has 0 atom stereocenters. The molecule has 19 heavy (non-hydrogen) atoms. The zero-order valence-corrected chi connectivity index (χ0v) is 11.0. The highest BCUT2D eigenvalue weighted by Gasteiger charge is 2.23. The van der Waals surface area contributed by atoms with Crippen LogP contribution in [0.5, 0.6) is 5.88 Å². The van der Waals surface area contributed by atoms with Gasteiger partial charge in [-0.25, -0.2) is 4.98 Å². The average molecular weight is 280 g/mol. The van der Waals surface area contributed by atoms with Crippen LogP contribution in [0.15, 0.2) is 23.8 Å². The van der Waals surface area contributed by atoms with Gasteiger partial charge in [-0.3, -0.25) is 10.1 Å². The molecule has 0 bridgehead atoms. The zero-order valence-electron chi connectivity index (χ0n) is 10.2. The molecule has 2 aromatic rings. The van der Waals surface area contributed by atoms with Gasteiger partial charge in [0.25, 0.3) is 5.88 Å². The van der Waals surface area contributed by atoms with Crippen molar-refractivity contribution >= 4 is 22.8 Å². The molecule has 1 N–H and O–H groups in total. The predicted octanol–water partition coefficient (Wildman–Crippen LogP) is 2.11. The van der Waals surface area contributed by atoms with E-state index >= 15 is 0 Å². The fourth-order valence-corrected chi connectivity index (χ4v) is 2.21. The van der Waals surface area contributed by atoms with Crippen LogP contribution in [0.3, 0.4) is 0 Å². The normalized spacial score (nSPS) is 10.2. The second-order valence-corrected chi connectivity index (χ2v) is 4.59. The van der Waals surface area contributed by atoms with E-state index in [1.165, 1.54) is 6.33 Å². The highest BCUT2D eigenvalue weighted by Crippen LogP contribution is 2.30. The Hall–Kier alpha value is -2.22. The number of nitrogens with zero attached hydrogens (tertiary/aromatic N) is 3. The van der Waals surface area contributed by atoms with Gasteiger partial charge in [0, 0.05) is 18.3 Å². The van der Waals surface area contributed by atoms with E-state index in [9.17, 15) is 10.1 Å². The number of aromatic nitrogens is 2. The molecule has 0 amide bonds. The van der Waals surface area contributed by atoms with Crippen molar-refractivity contribution < 1.29 is 9.66 Å². The Labute approximate surface area is 113 Å². The van der Waals surface area contributed by atoms with Gasteiger partial charge in [-0.2, -0.15) is 4.98 Å². The highest BCUT2D eigenvalue weighted by atomic mass is 32.1. The second-order valence-electron chi connectivity index (χ2n) is 3.56. The van der Waals surface area contributed by atoms with Gasteiger partial charge in [0.15, 0.2) is 0 Å². The number of nitrogens with one attached hydrogen (secondary N) is 1. The van der Waals surface area contributed by atoms with Crippen LogP contribution in [0, 0.1) is 10.1 Å². The number of hydrogen-bond donors (Lipinski definition) is 1. The van der Waals surface area contributed by atoms with Crippen molar-refractivity contribution in [3.05, 3.63) is 38.8 Å². The lowest BCUT2D eigenvalue weighted by atomic mass is 10.4. The molecule has 0 unspecified atom stereocenters. The molecule has 2 rings (SSSR count). The summed E-state index contributed by atoms with van der Waals surface area (Å²) in [7, 11) is 1.56. The molecular weight excluding hydrogens is 268 g/mol. The topological polar surface area (TPSA) is 90.2 Å². The van der Waals surface area contributed by atoms with Crippen LogP contribution in [0.4, 0.5) is 11.5 Å². The molecule has 8 heteroatoms. The van der Waals surface area contributed by atoms with Crippen LogP contribution in [0.2, 0.25) is 0 Å². The van der Waals surface area contributed by atoms with Gasteiger partial charge in [0.1, 0.15) is 6.33 Å². The van der Waals surface area contributed by atoms with Gasteiger partial charge in [-0.1, -0.05) is 6.07 Å². The van der Waals surface area contributed by atoms with Crippen LogP contribution in [0.25, 0.3) is 0 Å². The molecular formula is C11H12N4O3S. The monoisotopic (exact) mass is 280 g/mol. The third kappa shape index (κ3) is 3.16. The lowest BCUT2D eigenvalue weighted by molar-refractivity contribution is -0.385. The zero-order chi connectivity index (χ0) is 13.7. The molecule has 2 aromatic heterocycles. The van der Waals surface area contributed by atoms with E-state index in [0.29, 0.717) is 13.0 Å². The summed E-state index contributed by atoms with van der Waals surface area (Å²) in [5, 5.41) is 15.6. The Morgan fingerprint density at radius 1 is 1.53 bits per heavy atom. The molecule has 2 heterocycles. The summed E-state index contributed by atoms with van der Waals surface area (Å²) in [6.45, 7) is 0.335. The summed E-state index contributed by atoms with van der Waals surface area (Å²) in [6, 6.07) is 3.94. The first-order chi connectivity index (χ1) is 9.22. The predicted molar refractivity (Wildman–Crippen MR) is 71.8 cm³/mol. The van der Waals surface area contributed by atoms with E-state index in [1.807, 2.05) is 17.5 Å². The summed E-state index contributed by atoms with van der Waals surface area (Å²) in [5.74, 6) is 0.132. The minimum Gasteiger partial charge on any atom is -0.472 e. The summed E-state index contributed by atoms with van der Waals surface area (Å²) in [5.41, 5.74) is -0.240. The standard InChI is InChI=1S/C11H12N4O3S/c1-12-10-9(15(16)17)11(14-7-13-10)18-5-4-8-3-2-6-19-8/h2-3,6-7H,4-5H2,1H3,(H,12,13,14). The SMILES string of the molecule is CNc1ncnc(OCCc2cccs2)c1[N+](=O)[O-]. The molecule has 0 radical (unpaired) electrons. The molecule has 0 saturated carbocycles. The Morgan fingerprint density at radius 2 is 2.37 bits per heavy atom. The van der Waals surface area contributed by atoms with E-state index < -0.39 is 4.92 Å². The van der Waals surface area contributed by atoms with Crippen LogP contribution in [-0.2, 0) is 6.42 Å². The van der Waals surface area contributed by atoms with Gasteiger partial charge in [-0.05, 0) is 11.4 Å². The molecule has 100 valence electrons. The van der Waals surface area contributed by atoms with Crippen LogP contribution < -0.4 is 10.1 Å². The number of rotatable bonds is 6. The van der Waals surface area contributed by atoms with Crippen molar-refractivity contribution in [3.8, 4) is 5.88 Å². The van der Waals surface area contributed by atoms with Crippen molar-refractivity contribution in [2.45, 2.75) is 6.42 Å². The van der Waals surface area contributed by atoms with E-state index in [0.717, 1.165) is 4.88 Å². The van der Waals surface area contributed by atoms with Crippen molar-refractivity contribution in [3.63, 3.8) is 0 Å². The van der Waals surface area contributed by atoms with E-state index in [1.54, 1.807) is 18.4 Å². The average Bonchev–Trinajstić information content (AvgIpc) is 2.91. The maximum atomic E-state index is 11.0. The van der Waals surface area contributed by atoms with Gasteiger partial charge in [-0.15, -0.1) is 11.3 Å². The Bertz CT molecular complexity index is 559. The number of nitro groups is 1. The molecule has 7 nitrogen and oxygen atoms in total. The Balaban J connectivity index is 2.09. The highest BCUT2D eigenvalue weighted by molar-refractivity contribution is 7.09. The van der Waals surface area contributed by atoms with Gasteiger partial charge < -0.3 is 10.1 Å². The largest absolute Gasteiger partial charge is 0.472 e. The minimum atomic E-state index is -0.549. The van der Waals surface area contributed by atoms with E-state index in [2.05, 4.69) is 15.3 Å². The molecule has 0 fully saturated rings. The molecule has 0 saturated heterocycles. The molecule has 0 aliphatic heterocycles. The number of hydrogen-bond acceptors (Lipinski definition) is 7. The molecule has 0 aromatic carbocycles.